The van der Waals surface area contributed by atoms with Gasteiger partial charge in [0.05, 0.1) is 24.4 Å². The Morgan fingerprint density at radius 1 is 1.50 bits per heavy atom. The number of primary amides is 1. The SMILES string of the molecule is COCC(C)Cn1nnc(CC(N)=O)c1C1CCCC1. The summed E-state index contributed by atoms with van der Waals surface area (Å²) in [4.78, 5) is 11.2. The second-order valence-electron chi connectivity index (χ2n) is 5.79. The smallest absolute Gasteiger partial charge is 0.223 e. The lowest BCUT2D eigenvalue weighted by Gasteiger charge is -2.16. The molecule has 6 heteroatoms. The van der Waals surface area contributed by atoms with Gasteiger partial charge in [-0.2, -0.15) is 0 Å². The van der Waals surface area contributed by atoms with E-state index in [0.717, 1.165) is 30.8 Å². The summed E-state index contributed by atoms with van der Waals surface area (Å²) < 4.78 is 7.13. The standard InChI is InChI=1S/C14H24N4O2/c1-10(9-20-2)8-18-14(11-5-3-4-6-11)12(16-17-18)7-13(15)19/h10-11H,3-9H2,1-2H3,(H2,15,19). The lowest BCUT2D eigenvalue weighted by Crippen LogP contribution is -2.19. The first-order chi connectivity index (χ1) is 9.61. The van der Waals surface area contributed by atoms with Gasteiger partial charge in [-0.3, -0.25) is 4.79 Å². The van der Waals surface area contributed by atoms with Crippen LogP contribution in [0.1, 0.15) is 49.9 Å². The fraction of sp³-hybridized carbons (Fsp3) is 0.786. The molecule has 0 aromatic carbocycles. The summed E-state index contributed by atoms with van der Waals surface area (Å²) in [5.74, 6) is 0.485. The van der Waals surface area contributed by atoms with Gasteiger partial charge in [0.25, 0.3) is 0 Å². The van der Waals surface area contributed by atoms with E-state index in [1.807, 2.05) is 4.68 Å². The van der Waals surface area contributed by atoms with Crippen LogP contribution in [0.25, 0.3) is 0 Å². The molecule has 112 valence electrons. The van der Waals surface area contributed by atoms with Gasteiger partial charge in [0.1, 0.15) is 0 Å². The molecule has 1 aliphatic rings. The molecule has 6 nitrogen and oxygen atoms in total. The van der Waals surface area contributed by atoms with Crippen LogP contribution in [0.4, 0.5) is 0 Å². The van der Waals surface area contributed by atoms with Crippen LogP contribution in [0.2, 0.25) is 0 Å². The molecule has 2 rings (SSSR count). The zero-order valence-electron chi connectivity index (χ0n) is 12.3. The monoisotopic (exact) mass is 280 g/mol. The number of carbonyl (C=O) groups is 1. The van der Waals surface area contributed by atoms with Crippen molar-refractivity contribution in [1.29, 1.82) is 0 Å². The maximum absolute atomic E-state index is 11.2. The Bertz CT molecular complexity index is 452. The summed E-state index contributed by atoms with van der Waals surface area (Å²) in [7, 11) is 1.70. The van der Waals surface area contributed by atoms with E-state index in [4.69, 9.17) is 10.5 Å². The first-order valence-corrected chi connectivity index (χ1v) is 7.31. The Hall–Kier alpha value is -1.43. The number of methoxy groups -OCH3 is 1. The van der Waals surface area contributed by atoms with E-state index in [1.54, 1.807) is 7.11 Å². The Labute approximate surface area is 119 Å². The van der Waals surface area contributed by atoms with E-state index in [-0.39, 0.29) is 12.3 Å². The van der Waals surface area contributed by atoms with Crippen molar-refractivity contribution in [3.63, 3.8) is 0 Å². The molecular formula is C14H24N4O2. The quantitative estimate of drug-likeness (QED) is 0.814. The zero-order valence-corrected chi connectivity index (χ0v) is 12.3. The first-order valence-electron chi connectivity index (χ1n) is 7.31. The highest BCUT2D eigenvalue weighted by Crippen LogP contribution is 2.35. The molecule has 1 saturated carbocycles. The van der Waals surface area contributed by atoms with E-state index in [0.29, 0.717) is 18.4 Å². The summed E-state index contributed by atoms with van der Waals surface area (Å²) in [6.45, 7) is 3.58. The highest BCUT2D eigenvalue weighted by molar-refractivity contribution is 5.76. The molecule has 1 aromatic heterocycles. The van der Waals surface area contributed by atoms with Gasteiger partial charge in [-0.1, -0.05) is 25.0 Å². The van der Waals surface area contributed by atoms with Gasteiger partial charge in [0.2, 0.25) is 5.91 Å². The maximum atomic E-state index is 11.2. The lowest BCUT2D eigenvalue weighted by atomic mass is 10.00. The lowest BCUT2D eigenvalue weighted by molar-refractivity contribution is -0.117. The van der Waals surface area contributed by atoms with Crippen LogP contribution in [0.15, 0.2) is 0 Å². The topological polar surface area (TPSA) is 83.0 Å². The number of nitrogens with two attached hydrogens (primary N) is 1. The van der Waals surface area contributed by atoms with Crippen LogP contribution in [0.5, 0.6) is 0 Å². The predicted molar refractivity (Wildman–Crippen MR) is 75.2 cm³/mol. The van der Waals surface area contributed by atoms with Crippen molar-refractivity contribution >= 4 is 5.91 Å². The fourth-order valence-electron chi connectivity index (χ4n) is 3.06. The number of hydrogen-bond acceptors (Lipinski definition) is 4. The molecule has 0 aliphatic heterocycles. The first kappa shape index (κ1) is 15.0. The molecule has 2 N–H and O–H groups in total. The van der Waals surface area contributed by atoms with E-state index >= 15 is 0 Å². The van der Waals surface area contributed by atoms with Crippen molar-refractivity contribution in [3.8, 4) is 0 Å². The molecule has 20 heavy (non-hydrogen) atoms. The number of hydrogen-bond donors (Lipinski definition) is 1. The third kappa shape index (κ3) is 3.56. The van der Waals surface area contributed by atoms with Gasteiger partial charge in [-0.25, -0.2) is 4.68 Å². The molecule has 0 radical (unpaired) electrons. The minimum Gasteiger partial charge on any atom is -0.384 e. The predicted octanol–water partition coefficient (Wildman–Crippen LogP) is 1.25. The molecule has 1 amide bonds. The molecule has 1 aliphatic carbocycles. The molecule has 1 atom stereocenters. The van der Waals surface area contributed by atoms with E-state index in [2.05, 4.69) is 17.2 Å². The molecule has 0 saturated heterocycles. The van der Waals surface area contributed by atoms with Crippen molar-refractivity contribution < 1.29 is 9.53 Å². The van der Waals surface area contributed by atoms with Gasteiger partial charge in [0.15, 0.2) is 0 Å². The number of carbonyl (C=O) groups excluding carboxylic acids is 1. The largest absolute Gasteiger partial charge is 0.384 e. The average Bonchev–Trinajstić information content (AvgIpc) is 2.98. The number of ether oxygens (including phenoxy) is 1. The Morgan fingerprint density at radius 2 is 2.20 bits per heavy atom. The fourth-order valence-corrected chi connectivity index (χ4v) is 3.06. The summed E-state index contributed by atoms with van der Waals surface area (Å²) in [6, 6.07) is 0. The Morgan fingerprint density at radius 3 is 2.80 bits per heavy atom. The van der Waals surface area contributed by atoms with Gasteiger partial charge < -0.3 is 10.5 Å². The molecule has 0 bridgehead atoms. The number of nitrogens with zero attached hydrogens (tertiary/aromatic N) is 3. The minimum absolute atomic E-state index is 0.185. The van der Waals surface area contributed by atoms with Gasteiger partial charge in [-0.05, 0) is 18.8 Å². The van der Waals surface area contributed by atoms with Crippen molar-refractivity contribution in [2.75, 3.05) is 13.7 Å². The third-order valence-corrected chi connectivity index (χ3v) is 3.87. The second kappa shape index (κ2) is 6.83. The number of rotatable bonds is 7. The number of amides is 1. The van der Waals surface area contributed by atoms with Gasteiger partial charge >= 0.3 is 0 Å². The Kier molecular flexibility index (Phi) is 5.11. The highest BCUT2D eigenvalue weighted by atomic mass is 16.5. The van der Waals surface area contributed by atoms with Gasteiger partial charge in [0, 0.05) is 19.6 Å². The number of aromatic nitrogens is 3. The van der Waals surface area contributed by atoms with Crippen LogP contribution in [0.3, 0.4) is 0 Å². The normalized spacial score (nSPS) is 17.5. The molecule has 1 heterocycles. The summed E-state index contributed by atoms with van der Waals surface area (Å²) >= 11 is 0. The minimum atomic E-state index is -0.346. The van der Waals surface area contributed by atoms with Crippen molar-refractivity contribution in [2.45, 2.75) is 51.5 Å². The van der Waals surface area contributed by atoms with Crippen LogP contribution < -0.4 is 5.73 Å². The van der Waals surface area contributed by atoms with E-state index < -0.39 is 0 Å². The van der Waals surface area contributed by atoms with E-state index in [1.165, 1.54) is 12.8 Å². The van der Waals surface area contributed by atoms with Crippen LogP contribution in [-0.4, -0.2) is 34.6 Å². The molecule has 0 spiro atoms. The van der Waals surface area contributed by atoms with Crippen LogP contribution in [0, 0.1) is 5.92 Å². The molecule has 1 fully saturated rings. The van der Waals surface area contributed by atoms with E-state index in [9.17, 15) is 4.79 Å². The highest BCUT2D eigenvalue weighted by Gasteiger charge is 2.26. The molecule has 1 unspecified atom stereocenters. The molecular weight excluding hydrogens is 256 g/mol. The summed E-state index contributed by atoms with van der Waals surface area (Å²) in [5, 5.41) is 8.42. The van der Waals surface area contributed by atoms with Gasteiger partial charge in [-0.15, -0.1) is 5.10 Å². The van der Waals surface area contributed by atoms with Crippen LogP contribution in [-0.2, 0) is 22.5 Å². The zero-order chi connectivity index (χ0) is 14.5. The third-order valence-electron chi connectivity index (χ3n) is 3.87. The second-order valence-corrected chi connectivity index (χ2v) is 5.79. The average molecular weight is 280 g/mol. The maximum Gasteiger partial charge on any atom is 0.223 e. The Balaban J connectivity index is 2.21. The summed E-state index contributed by atoms with van der Waals surface area (Å²) in [5.41, 5.74) is 7.19. The van der Waals surface area contributed by atoms with Crippen molar-refractivity contribution in [1.82, 2.24) is 15.0 Å². The molecule has 1 aromatic rings. The summed E-state index contributed by atoms with van der Waals surface area (Å²) in [6.07, 6.45) is 4.96. The van der Waals surface area contributed by atoms with Crippen molar-refractivity contribution in [2.24, 2.45) is 11.7 Å². The van der Waals surface area contributed by atoms with Crippen molar-refractivity contribution in [3.05, 3.63) is 11.4 Å². The van der Waals surface area contributed by atoms with Crippen LogP contribution >= 0.6 is 0 Å².